The maximum absolute atomic E-state index is 12.8. The molecule has 1 aliphatic heterocycles. The van der Waals surface area contributed by atoms with E-state index < -0.39 is 11.9 Å². The summed E-state index contributed by atoms with van der Waals surface area (Å²) in [6, 6.07) is 9.69. The van der Waals surface area contributed by atoms with E-state index in [-0.39, 0.29) is 16.5 Å². The number of ether oxygens (including phenoxy) is 1. The average molecular weight is 485 g/mol. The first-order valence-corrected chi connectivity index (χ1v) is 11.0. The third kappa shape index (κ3) is 5.83. The van der Waals surface area contributed by atoms with Gasteiger partial charge in [-0.2, -0.15) is 0 Å². The summed E-state index contributed by atoms with van der Waals surface area (Å²) in [4.78, 5) is 29.3. The molecule has 0 radical (unpaired) electrons. The first-order valence-electron chi connectivity index (χ1n) is 9.88. The van der Waals surface area contributed by atoms with Crippen LogP contribution < -0.4 is 10.1 Å². The summed E-state index contributed by atoms with van der Waals surface area (Å²) in [7, 11) is 1.63. The van der Waals surface area contributed by atoms with Crippen molar-refractivity contribution < 1.29 is 14.3 Å². The average Bonchev–Trinajstić information content (AvgIpc) is 2.75. The Labute approximate surface area is 197 Å². The lowest BCUT2D eigenvalue weighted by molar-refractivity contribution is -0.134. The van der Waals surface area contributed by atoms with Crippen LogP contribution in [0.5, 0.6) is 5.75 Å². The van der Waals surface area contributed by atoms with E-state index >= 15 is 0 Å². The van der Waals surface area contributed by atoms with Crippen molar-refractivity contribution in [3.05, 3.63) is 62.6 Å². The second-order valence-corrected chi connectivity index (χ2v) is 8.58. The highest BCUT2D eigenvalue weighted by Gasteiger charge is 2.27. The number of rotatable bonds is 6. The molecule has 1 aliphatic rings. The Kier molecular flexibility index (Phi) is 8.06. The van der Waals surface area contributed by atoms with Crippen LogP contribution in [0.2, 0.25) is 15.1 Å². The lowest BCUT2D eigenvalue weighted by atomic mass is 10.1. The molecule has 31 heavy (non-hydrogen) atoms. The summed E-state index contributed by atoms with van der Waals surface area (Å²) in [6.45, 7) is 4.91. The standard InChI is InChI=1S/C22H24Cl3N3O3/c1-14(26-21(29)17-4-3-5-18(24)20(17)25)22(30)28-10-8-27(9-11-28)13-15-12-16(23)6-7-19(15)31-2/h3-7,12,14H,8-11,13H2,1-2H3,(H,26,29). The Morgan fingerprint density at radius 3 is 2.48 bits per heavy atom. The number of carbonyl (C=O) groups excluding carboxylic acids is 2. The molecule has 1 heterocycles. The summed E-state index contributed by atoms with van der Waals surface area (Å²) in [5.74, 6) is 0.227. The van der Waals surface area contributed by atoms with Gasteiger partial charge >= 0.3 is 0 Å². The van der Waals surface area contributed by atoms with Crippen LogP contribution >= 0.6 is 34.8 Å². The van der Waals surface area contributed by atoms with Gasteiger partial charge in [0.2, 0.25) is 5.91 Å². The van der Waals surface area contributed by atoms with Crippen LogP contribution in [0.3, 0.4) is 0 Å². The van der Waals surface area contributed by atoms with Crippen molar-refractivity contribution in [3.8, 4) is 5.75 Å². The minimum Gasteiger partial charge on any atom is -0.496 e. The van der Waals surface area contributed by atoms with Crippen LogP contribution in [0.25, 0.3) is 0 Å². The molecule has 1 N–H and O–H groups in total. The number of carbonyl (C=O) groups is 2. The summed E-state index contributed by atoms with van der Waals surface area (Å²) in [5.41, 5.74) is 1.25. The number of nitrogens with one attached hydrogen (secondary N) is 1. The van der Waals surface area contributed by atoms with Gasteiger partial charge in [0.15, 0.2) is 0 Å². The van der Waals surface area contributed by atoms with Crippen molar-refractivity contribution in [2.24, 2.45) is 0 Å². The summed E-state index contributed by atoms with van der Waals surface area (Å²) in [6.07, 6.45) is 0. The number of methoxy groups -OCH3 is 1. The second-order valence-electron chi connectivity index (χ2n) is 7.35. The molecule has 1 fully saturated rings. The molecular weight excluding hydrogens is 461 g/mol. The minimum atomic E-state index is -0.679. The molecule has 2 amide bonds. The summed E-state index contributed by atoms with van der Waals surface area (Å²) in [5, 5.41) is 3.84. The number of hydrogen-bond acceptors (Lipinski definition) is 4. The maximum atomic E-state index is 12.8. The normalized spacial score (nSPS) is 15.5. The first-order chi connectivity index (χ1) is 14.8. The highest BCUT2D eigenvalue weighted by molar-refractivity contribution is 6.43. The summed E-state index contributed by atoms with van der Waals surface area (Å²) < 4.78 is 5.41. The highest BCUT2D eigenvalue weighted by atomic mass is 35.5. The van der Waals surface area contributed by atoms with Crippen LogP contribution in [0, 0.1) is 0 Å². The molecule has 1 unspecified atom stereocenters. The molecule has 6 nitrogen and oxygen atoms in total. The molecule has 0 bridgehead atoms. The third-order valence-electron chi connectivity index (χ3n) is 5.23. The van der Waals surface area contributed by atoms with Gasteiger partial charge in [-0.25, -0.2) is 0 Å². The molecule has 0 saturated carbocycles. The fourth-order valence-corrected chi connectivity index (χ4v) is 4.11. The van der Waals surface area contributed by atoms with Crippen molar-refractivity contribution in [1.82, 2.24) is 15.1 Å². The largest absolute Gasteiger partial charge is 0.496 e. The van der Waals surface area contributed by atoms with Crippen LogP contribution in [0.1, 0.15) is 22.8 Å². The van der Waals surface area contributed by atoms with Crippen LogP contribution in [-0.4, -0.2) is 60.9 Å². The van der Waals surface area contributed by atoms with Crippen molar-refractivity contribution in [3.63, 3.8) is 0 Å². The zero-order valence-corrected chi connectivity index (χ0v) is 19.6. The fourth-order valence-electron chi connectivity index (χ4n) is 3.53. The number of nitrogens with zero attached hydrogens (tertiary/aromatic N) is 2. The van der Waals surface area contributed by atoms with Crippen molar-refractivity contribution in [2.45, 2.75) is 19.5 Å². The quantitative estimate of drug-likeness (QED) is 0.670. The second kappa shape index (κ2) is 10.6. The first kappa shape index (κ1) is 23.7. The Bertz CT molecular complexity index is 962. The zero-order valence-electron chi connectivity index (χ0n) is 17.3. The predicted octanol–water partition coefficient (Wildman–Crippen LogP) is 4.12. The Balaban J connectivity index is 1.54. The predicted molar refractivity (Wildman–Crippen MR) is 123 cm³/mol. The van der Waals surface area contributed by atoms with Gasteiger partial charge in [-0.1, -0.05) is 40.9 Å². The van der Waals surface area contributed by atoms with E-state index in [1.54, 1.807) is 43.2 Å². The molecule has 166 valence electrons. The van der Waals surface area contributed by atoms with Gasteiger partial charge in [-0.3, -0.25) is 14.5 Å². The third-order valence-corrected chi connectivity index (χ3v) is 6.29. The Hall–Kier alpha value is -1.99. The maximum Gasteiger partial charge on any atom is 0.253 e. The van der Waals surface area contributed by atoms with E-state index in [1.165, 1.54) is 0 Å². The smallest absolute Gasteiger partial charge is 0.253 e. The molecule has 0 spiro atoms. The zero-order chi connectivity index (χ0) is 22.5. The molecule has 1 saturated heterocycles. The van der Waals surface area contributed by atoms with E-state index in [1.807, 2.05) is 12.1 Å². The molecule has 1 atom stereocenters. The fraction of sp³-hybridized carbons (Fsp3) is 0.364. The Morgan fingerprint density at radius 1 is 1.10 bits per heavy atom. The molecule has 9 heteroatoms. The molecule has 2 aromatic carbocycles. The highest BCUT2D eigenvalue weighted by Crippen LogP contribution is 2.26. The van der Waals surface area contributed by atoms with Crippen molar-refractivity contribution in [2.75, 3.05) is 33.3 Å². The number of hydrogen-bond donors (Lipinski definition) is 1. The van der Waals surface area contributed by atoms with Crippen molar-refractivity contribution >= 4 is 46.6 Å². The van der Waals surface area contributed by atoms with Gasteiger partial charge < -0.3 is 15.0 Å². The minimum absolute atomic E-state index is 0.133. The number of amides is 2. The van der Waals surface area contributed by atoms with Crippen LogP contribution in [0.15, 0.2) is 36.4 Å². The summed E-state index contributed by atoms with van der Waals surface area (Å²) >= 11 is 18.2. The van der Waals surface area contributed by atoms with Gasteiger partial charge in [-0.15, -0.1) is 0 Å². The molecule has 2 aromatic rings. The van der Waals surface area contributed by atoms with Crippen molar-refractivity contribution in [1.29, 1.82) is 0 Å². The van der Waals surface area contributed by atoms with E-state index in [2.05, 4.69) is 10.2 Å². The molecule has 3 rings (SSSR count). The monoisotopic (exact) mass is 483 g/mol. The number of piperazine rings is 1. The molecule has 0 aliphatic carbocycles. The SMILES string of the molecule is COc1ccc(Cl)cc1CN1CCN(C(=O)C(C)NC(=O)c2cccc(Cl)c2Cl)CC1. The number of benzene rings is 2. The topological polar surface area (TPSA) is 61.9 Å². The van der Waals surface area contributed by atoms with E-state index in [9.17, 15) is 9.59 Å². The lowest BCUT2D eigenvalue weighted by Crippen LogP contribution is -2.53. The van der Waals surface area contributed by atoms with Gasteiger partial charge in [0, 0.05) is 43.3 Å². The van der Waals surface area contributed by atoms with Gasteiger partial charge in [-0.05, 0) is 37.3 Å². The van der Waals surface area contributed by atoms with E-state index in [0.29, 0.717) is 42.8 Å². The van der Waals surface area contributed by atoms with Gasteiger partial charge in [0.25, 0.3) is 5.91 Å². The van der Waals surface area contributed by atoms with Crippen LogP contribution in [-0.2, 0) is 11.3 Å². The van der Waals surface area contributed by atoms with E-state index in [4.69, 9.17) is 39.5 Å². The molecule has 0 aromatic heterocycles. The Morgan fingerprint density at radius 2 is 1.81 bits per heavy atom. The van der Waals surface area contributed by atoms with Crippen LogP contribution in [0.4, 0.5) is 0 Å². The van der Waals surface area contributed by atoms with Gasteiger partial charge in [0.1, 0.15) is 11.8 Å². The lowest BCUT2D eigenvalue weighted by Gasteiger charge is -2.36. The van der Waals surface area contributed by atoms with Gasteiger partial charge in [0.05, 0.1) is 22.7 Å². The number of halogens is 3. The van der Waals surface area contributed by atoms with E-state index in [0.717, 1.165) is 11.3 Å². The molecular formula is C22H24Cl3N3O3.